The Balaban J connectivity index is 1.50. The summed E-state index contributed by atoms with van der Waals surface area (Å²) >= 11 is 0. The Hall–Kier alpha value is -4.20. The zero-order valence-corrected chi connectivity index (χ0v) is 20.2. The highest BCUT2D eigenvalue weighted by Gasteiger charge is 2.33. The van der Waals surface area contributed by atoms with E-state index in [9.17, 15) is 4.79 Å². The zero-order chi connectivity index (χ0) is 24.5. The standard InChI is InChI=1S/C27H27N5O3/c1-16-12-17(2)29-27(28-16)32-26-25(18(3)31-32)21(14-24(33)30-26)20-10-11-22(23(13-20)34-4)35-15-19-8-6-5-7-9-19/h5-13,21H,14-15H2,1-4H3,(H,30,33). The first-order valence-electron chi connectivity index (χ1n) is 11.5. The zero-order valence-electron chi connectivity index (χ0n) is 20.2. The van der Waals surface area contributed by atoms with Crippen LogP contribution < -0.4 is 14.8 Å². The van der Waals surface area contributed by atoms with Crippen LogP contribution in [0.1, 0.15) is 46.1 Å². The van der Waals surface area contributed by atoms with Gasteiger partial charge in [-0.25, -0.2) is 9.97 Å². The van der Waals surface area contributed by atoms with Gasteiger partial charge in [0, 0.05) is 29.3 Å². The van der Waals surface area contributed by atoms with E-state index in [1.54, 1.807) is 11.8 Å². The van der Waals surface area contributed by atoms with Crippen molar-refractivity contribution in [3.63, 3.8) is 0 Å². The number of hydrogen-bond acceptors (Lipinski definition) is 6. The summed E-state index contributed by atoms with van der Waals surface area (Å²) in [6.45, 7) is 6.21. The fourth-order valence-electron chi connectivity index (χ4n) is 4.53. The molecule has 1 atom stereocenters. The molecular weight excluding hydrogens is 442 g/mol. The van der Waals surface area contributed by atoms with Gasteiger partial charge in [0.05, 0.1) is 12.8 Å². The minimum atomic E-state index is -0.185. The predicted molar refractivity (Wildman–Crippen MR) is 132 cm³/mol. The summed E-state index contributed by atoms with van der Waals surface area (Å²) in [5.74, 6) is 2.05. The average Bonchev–Trinajstić information content (AvgIpc) is 3.18. The number of aryl methyl sites for hydroxylation is 3. The largest absolute Gasteiger partial charge is 0.493 e. The van der Waals surface area contributed by atoms with E-state index in [1.807, 2.05) is 75.4 Å². The van der Waals surface area contributed by atoms with E-state index in [4.69, 9.17) is 14.6 Å². The van der Waals surface area contributed by atoms with Crippen LogP contribution in [0, 0.1) is 20.8 Å². The van der Waals surface area contributed by atoms with Gasteiger partial charge in [0.1, 0.15) is 12.4 Å². The van der Waals surface area contributed by atoms with Crippen LogP contribution in [-0.4, -0.2) is 32.8 Å². The first kappa shape index (κ1) is 22.6. The average molecular weight is 470 g/mol. The van der Waals surface area contributed by atoms with Crippen LogP contribution in [0.5, 0.6) is 11.5 Å². The molecule has 4 aromatic rings. The monoisotopic (exact) mass is 469 g/mol. The van der Waals surface area contributed by atoms with Gasteiger partial charge in [-0.05, 0) is 50.1 Å². The van der Waals surface area contributed by atoms with Gasteiger partial charge in [-0.15, -0.1) is 0 Å². The summed E-state index contributed by atoms with van der Waals surface area (Å²) < 4.78 is 13.3. The Labute approximate surface area is 204 Å². The Kier molecular flexibility index (Phi) is 5.94. The maximum Gasteiger partial charge on any atom is 0.252 e. The topological polar surface area (TPSA) is 91.2 Å². The number of ether oxygens (including phenoxy) is 2. The van der Waals surface area contributed by atoms with Crippen LogP contribution in [0.25, 0.3) is 5.95 Å². The summed E-state index contributed by atoms with van der Waals surface area (Å²) in [6.07, 6.45) is 0.306. The van der Waals surface area contributed by atoms with Gasteiger partial charge in [-0.1, -0.05) is 36.4 Å². The molecule has 178 valence electrons. The van der Waals surface area contributed by atoms with Crippen molar-refractivity contribution in [2.75, 3.05) is 12.4 Å². The van der Waals surface area contributed by atoms with Crippen molar-refractivity contribution in [3.05, 3.63) is 88.4 Å². The number of rotatable bonds is 6. The third-order valence-corrected chi connectivity index (χ3v) is 6.09. The first-order chi connectivity index (χ1) is 16.9. The van der Waals surface area contributed by atoms with Crippen molar-refractivity contribution in [2.45, 2.75) is 39.7 Å². The number of nitrogens with zero attached hydrogens (tertiary/aromatic N) is 4. The summed E-state index contributed by atoms with van der Waals surface area (Å²) in [4.78, 5) is 21.8. The molecule has 2 aromatic carbocycles. The van der Waals surface area contributed by atoms with E-state index in [-0.39, 0.29) is 11.8 Å². The van der Waals surface area contributed by atoms with Crippen molar-refractivity contribution in [3.8, 4) is 17.4 Å². The summed E-state index contributed by atoms with van der Waals surface area (Å²) in [5.41, 5.74) is 5.47. The molecule has 35 heavy (non-hydrogen) atoms. The lowest BCUT2D eigenvalue weighted by Gasteiger charge is -2.25. The molecule has 1 unspecified atom stereocenters. The fourth-order valence-corrected chi connectivity index (χ4v) is 4.53. The number of anilines is 1. The molecule has 3 heterocycles. The van der Waals surface area contributed by atoms with Gasteiger partial charge >= 0.3 is 0 Å². The van der Waals surface area contributed by atoms with Gasteiger partial charge in [0.15, 0.2) is 11.5 Å². The second-order valence-corrected chi connectivity index (χ2v) is 8.70. The van der Waals surface area contributed by atoms with Gasteiger partial charge < -0.3 is 14.8 Å². The van der Waals surface area contributed by atoms with E-state index in [0.717, 1.165) is 33.8 Å². The summed E-state index contributed by atoms with van der Waals surface area (Å²) in [7, 11) is 1.62. The predicted octanol–water partition coefficient (Wildman–Crippen LogP) is 4.65. The number of aromatic nitrogens is 4. The van der Waals surface area contributed by atoms with Crippen molar-refractivity contribution in [2.24, 2.45) is 0 Å². The molecule has 0 fully saturated rings. The Morgan fingerprint density at radius 2 is 1.74 bits per heavy atom. The number of hydrogen-bond donors (Lipinski definition) is 1. The van der Waals surface area contributed by atoms with Crippen LogP contribution in [0.15, 0.2) is 54.6 Å². The smallest absolute Gasteiger partial charge is 0.252 e. The fraction of sp³-hybridized carbons (Fsp3) is 0.259. The highest BCUT2D eigenvalue weighted by atomic mass is 16.5. The van der Waals surface area contributed by atoms with E-state index in [1.165, 1.54) is 0 Å². The molecule has 1 N–H and O–H groups in total. The Bertz CT molecular complexity index is 1380. The highest BCUT2D eigenvalue weighted by molar-refractivity contribution is 5.95. The SMILES string of the molecule is COc1cc(C2CC(=O)Nc3c2c(C)nn3-c2nc(C)cc(C)n2)ccc1OCc1ccccc1. The molecule has 0 saturated carbocycles. The molecule has 8 heteroatoms. The molecule has 0 spiro atoms. The normalized spacial score (nSPS) is 14.9. The second-order valence-electron chi connectivity index (χ2n) is 8.70. The molecule has 1 aliphatic rings. The number of fused-ring (bicyclic) bond motifs is 1. The third kappa shape index (κ3) is 4.47. The molecule has 0 aliphatic carbocycles. The van der Waals surface area contributed by atoms with E-state index in [2.05, 4.69) is 15.3 Å². The number of benzene rings is 2. The van der Waals surface area contributed by atoms with Gasteiger partial charge in [0.25, 0.3) is 5.95 Å². The lowest BCUT2D eigenvalue weighted by Crippen LogP contribution is -2.25. The number of carbonyl (C=O) groups is 1. The quantitative estimate of drug-likeness (QED) is 0.442. The van der Waals surface area contributed by atoms with Crippen LogP contribution in [0.2, 0.25) is 0 Å². The first-order valence-corrected chi connectivity index (χ1v) is 11.5. The molecule has 0 radical (unpaired) electrons. The van der Waals surface area contributed by atoms with Crippen LogP contribution in [0.4, 0.5) is 5.82 Å². The van der Waals surface area contributed by atoms with E-state index in [0.29, 0.717) is 36.3 Å². The Morgan fingerprint density at radius 3 is 2.46 bits per heavy atom. The van der Waals surface area contributed by atoms with E-state index < -0.39 is 0 Å². The Morgan fingerprint density at radius 1 is 1.00 bits per heavy atom. The van der Waals surface area contributed by atoms with Crippen LogP contribution in [-0.2, 0) is 11.4 Å². The third-order valence-electron chi connectivity index (χ3n) is 6.09. The molecule has 0 bridgehead atoms. The number of carbonyl (C=O) groups excluding carboxylic acids is 1. The lowest BCUT2D eigenvalue weighted by atomic mass is 9.85. The molecule has 5 rings (SSSR count). The second kappa shape index (κ2) is 9.21. The maximum absolute atomic E-state index is 12.8. The molecule has 1 aliphatic heterocycles. The molecular formula is C27H27N5O3. The highest BCUT2D eigenvalue weighted by Crippen LogP contribution is 2.42. The van der Waals surface area contributed by atoms with Crippen molar-refractivity contribution in [1.82, 2.24) is 19.7 Å². The van der Waals surface area contributed by atoms with Gasteiger partial charge in [-0.2, -0.15) is 9.78 Å². The molecule has 1 amide bonds. The van der Waals surface area contributed by atoms with Gasteiger partial charge in [0.2, 0.25) is 5.91 Å². The number of methoxy groups -OCH3 is 1. The number of amides is 1. The van der Waals surface area contributed by atoms with Crippen LogP contribution in [0.3, 0.4) is 0 Å². The summed E-state index contributed by atoms with van der Waals surface area (Å²) in [5, 5.41) is 7.69. The molecule has 0 saturated heterocycles. The van der Waals surface area contributed by atoms with Crippen molar-refractivity contribution in [1.29, 1.82) is 0 Å². The summed E-state index contributed by atoms with van der Waals surface area (Å²) in [6, 6.07) is 17.7. The lowest BCUT2D eigenvalue weighted by molar-refractivity contribution is -0.116. The minimum Gasteiger partial charge on any atom is -0.493 e. The minimum absolute atomic E-state index is 0.0867. The maximum atomic E-state index is 12.8. The molecule has 2 aromatic heterocycles. The van der Waals surface area contributed by atoms with Crippen LogP contribution >= 0.6 is 0 Å². The van der Waals surface area contributed by atoms with Gasteiger partial charge in [-0.3, -0.25) is 4.79 Å². The number of nitrogens with one attached hydrogen (secondary N) is 1. The van der Waals surface area contributed by atoms with E-state index >= 15 is 0 Å². The molecule has 8 nitrogen and oxygen atoms in total. The van der Waals surface area contributed by atoms with Crippen molar-refractivity contribution >= 4 is 11.7 Å². The van der Waals surface area contributed by atoms with Crippen molar-refractivity contribution < 1.29 is 14.3 Å².